The maximum atomic E-state index is 13.7. The van der Waals surface area contributed by atoms with Crippen molar-refractivity contribution in [1.29, 1.82) is 0 Å². The molecule has 1 atom stereocenters. The third-order valence-electron chi connectivity index (χ3n) is 6.96. The van der Waals surface area contributed by atoms with Gasteiger partial charge in [-0.3, -0.25) is 24.1 Å². The summed E-state index contributed by atoms with van der Waals surface area (Å²) in [5.41, 5.74) is 1.82. The fourth-order valence-corrected chi connectivity index (χ4v) is 5.21. The molecule has 2 aromatic rings. The van der Waals surface area contributed by atoms with E-state index in [2.05, 4.69) is 5.32 Å². The fraction of sp³-hybridized carbons (Fsp3) is 0.385. The highest BCUT2D eigenvalue weighted by atomic mass is 16.5. The first kappa shape index (κ1) is 23.7. The lowest BCUT2D eigenvalue weighted by atomic mass is 10.0. The molecule has 2 aromatic carbocycles. The molecule has 0 bridgehead atoms. The second-order valence-corrected chi connectivity index (χ2v) is 8.94. The second-order valence-electron chi connectivity index (χ2n) is 8.94. The van der Waals surface area contributed by atoms with Crippen molar-refractivity contribution in [3.63, 3.8) is 0 Å². The Morgan fingerprint density at radius 3 is 2.47 bits per heavy atom. The second kappa shape index (κ2) is 9.52. The molecule has 10 heteroatoms. The molecular weight excluding hydrogens is 464 g/mol. The zero-order valence-electron chi connectivity index (χ0n) is 20.3. The van der Waals surface area contributed by atoms with Gasteiger partial charge >= 0.3 is 0 Å². The first-order valence-corrected chi connectivity index (χ1v) is 12.0. The fourth-order valence-electron chi connectivity index (χ4n) is 5.21. The number of benzene rings is 2. The van der Waals surface area contributed by atoms with Crippen LogP contribution in [0.2, 0.25) is 0 Å². The number of ether oxygens (including phenoxy) is 2. The van der Waals surface area contributed by atoms with E-state index >= 15 is 0 Å². The lowest BCUT2D eigenvalue weighted by Crippen LogP contribution is -2.49. The molecule has 3 aliphatic rings. The lowest BCUT2D eigenvalue weighted by Gasteiger charge is -2.40. The summed E-state index contributed by atoms with van der Waals surface area (Å²) >= 11 is 0. The summed E-state index contributed by atoms with van der Waals surface area (Å²) in [6.45, 7) is 1.44. The van der Waals surface area contributed by atoms with Gasteiger partial charge in [-0.15, -0.1) is 0 Å². The molecule has 1 saturated heterocycles. The molecule has 188 valence electrons. The van der Waals surface area contributed by atoms with Gasteiger partial charge in [0.05, 0.1) is 37.6 Å². The molecule has 0 aromatic heterocycles. The van der Waals surface area contributed by atoms with E-state index in [9.17, 15) is 19.2 Å². The van der Waals surface area contributed by atoms with Crippen LogP contribution in [-0.2, 0) is 9.59 Å². The number of methoxy groups -OCH3 is 2. The number of hydrogen-bond acceptors (Lipinski definition) is 6. The summed E-state index contributed by atoms with van der Waals surface area (Å²) in [6.07, 6.45) is 1.22. The van der Waals surface area contributed by atoms with Gasteiger partial charge in [-0.25, -0.2) is 0 Å². The zero-order valence-corrected chi connectivity index (χ0v) is 20.3. The van der Waals surface area contributed by atoms with E-state index in [4.69, 9.17) is 9.47 Å². The van der Waals surface area contributed by atoms with Gasteiger partial charge in [0.15, 0.2) is 11.5 Å². The minimum Gasteiger partial charge on any atom is -0.493 e. The van der Waals surface area contributed by atoms with E-state index in [-0.39, 0.29) is 43.1 Å². The van der Waals surface area contributed by atoms with Crippen LogP contribution in [0.15, 0.2) is 36.4 Å². The summed E-state index contributed by atoms with van der Waals surface area (Å²) in [5, 5.41) is 2.67. The standard InChI is InChI=1S/C26H28N4O6/c1-35-19-10-9-17-22(23(19)36-2)26(34)30-18-8-4-3-7-16(18)25(33)29(24(17)30)14-11-20(31)27-15-21(32)28-12-5-6-13-28/h3-4,7-10,24H,5-6,11-15H2,1-2H3,(H,27,31)/t24-/m1/s1. The van der Waals surface area contributed by atoms with Crippen molar-refractivity contribution >= 4 is 29.3 Å². The van der Waals surface area contributed by atoms with E-state index in [1.807, 2.05) is 0 Å². The number of fused-ring (bicyclic) bond motifs is 5. The monoisotopic (exact) mass is 492 g/mol. The predicted octanol–water partition coefficient (Wildman–Crippen LogP) is 1.95. The number of likely N-dealkylation sites (tertiary alicyclic amines) is 1. The van der Waals surface area contributed by atoms with Crippen molar-refractivity contribution in [3.8, 4) is 11.5 Å². The first-order chi connectivity index (χ1) is 17.5. The molecular formula is C26H28N4O6. The lowest BCUT2D eigenvalue weighted by molar-refractivity contribution is -0.132. The van der Waals surface area contributed by atoms with Crippen LogP contribution < -0.4 is 19.7 Å². The van der Waals surface area contributed by atoms with Crippen LogP contribution in [0.25, 0.3) is 0 Å². The first-order valence-electron chi connectivity index (χ1n) is 12.0. The van der Waals surface area contributed by atoms with Gasteiger partial charge in [-0.05, 0) is 31.0 Å². The Kier molecular flexibility index (Phi) is 6.26. The normalized spacial score (nSPS) is 18.1. The third kappa shape index (κ3) is 3.82. The van der Waals surface area contributed by atoms with Gasteiger partial charge < -0.3 is 24.6 Å². The number of rotatable bonds is 7. The molecule has 36 heavy (non-hydrogen) atoms. The number of para-hydroxylation sites is 1. The summed E-state index contributed by atoms with van der Waals surface area (Å²) < 4.78 is 10.9. The van der Waals surface area contributed by atoms with Crippen molar-refractivity contribution in [3.05, 3.63) is 53.1 Å². The Balaban J connectivity index is 1.41. The number of carbonyl (C=O) groups is 4. The Labute approximate surface area is 208 Å². The van der Waals surface area contributed by atoms with Gasteiger partial charge in [0, 0.05) is 31.6 Å². The SMILES string of the molecule is COc1ccc2c(c1OC)C(=O)N1c3ccccc3C(=O)N(CCC(=O)NCC(=O)N3CCCC3)[C@@H]21. The van der Waals surface area contributed by atoms with Crippen LogP contribution in [0.3, 0.4) is 0 Å². The Morgan fingerprint density at radius 1 is 1.00 bits per heavy atom. The molecule has 0 radical (unpaired) electrons. The minimum atomic E-state index is -0.728. The molecule has 0 spiro atoms. The topological polar surface area (TPSA) is 108 Å². The predicted molar refractivity (Wildman–Crippen MR) is 130 cm³/mol. The van der Waals surface area contributed by atoms with Crippen molar-refractivity contribution in [2.45, 2.75) is 25.4 Å². The number of hydrogen-bond donors (Lipinski definition) is 1. The van der Waals surface area contributed by atoms with Crippen molar-refractivity contribution < 1.29 is 28.7 Å². The number of amides is 4. The molecule has 0 saturated carbocycles. The third-order valence-corrected chi connectivity index (χ3v) is 6.96. The van der Waals surface area contributed by atoms with Crippen molar-refractivity contribution in [1.82, 2.24) is 15.1 Å². The molecule has 1 N–H and O–H groups in total. The average Bonchev–Trinajstić information content (AvgIpc) is 3.54. The summed E-state index contributed by atoms with van der Waals surface area (Å²) in [5.74, 6) is -0.307. The van der Waals surface area contributed by atoms with Crippen LogP contribution in [-0.4, -0.2) is 73.8 Å². The number of nitrogens with zero attached hydrogens (tertiary/aromatic N) is 3. The quantitative estimate of drug-likeness (QED) is 0.633. The number of carbonyl (C=O) groups excluding carboxylic acids is 4. The largest absolute Gasteiger partial charge is 0.493 e. The Bertz CT molecular complexity index is 1240. The Morgan fingerprint density at radius 2 is 1.75 bits per heavy atom. The van der Waals surface area contributed by atoms with Crippen molar-refractivity contribution in [2.24, 2.45) is 0 Å². The maximum Gasteiger partial charge on any atom is 0.264 e. The molecule has 5 rings (SSSR count). The summed E-state index contributed by atoms with van der Waals surface area (Å²) in [7, 11) is 2.96. The van der Waals surface area contributed by atoms with Crippen LogP contribution in [0.4, 0.5) is 5.69 Å². The number of anilines is 1. The zero-order chi connectivity index (χ0) is 25.4. The minimum absolute atomic E-state index is 0.0116. The van der Waals surface area contributed by atoms with Gasteiger partial charge in [-0.1, -0.05) is 18.2 Å². The molecule has 3 heterocycles. The molecule has 4 amide bonds. The van der Waals surface area contributed by atoms with Crippen molar-refractivity contribution in [2.75, 3.05) is 45.3 Å². The summed E-state index contributed by atoms with van der Waals surface area (Å²) in [6, 6.07) is 10.4. The smallest absolute Gasteiger partial charge is 0.264 e. The van der Waals surface area contributed by atoms with Crippen LogP contribution in [0.5, 0.6) is 11.5 Å². The molecule has 0 unspecified atom stereocenters. The van der Waals surface area contributed by atoms with E-state index in [0.29, 0.717) is 33.9 Å². The summed E-state index contributed by atoms with van der Waals surface area (Å²) in [4.78, 5) is 56.9. The molecule has 1 fully saturated rings. The van der Waals surface area contributed by atoms with E-state index in [0.717, 1.165) is 25.9 Å². The van der Waals surface area contributed by atoms with Gasteiger partial charge in [0.1, 0.15) is 6.17 Å². The van der Waals surface area contributed by atoms with Gasteiger partial charge in [0.25, 0.3) is 11.8 Å². The van der Waals surface area contributed by atoms with Gasteiger partial charge in [0.2, 0.25) is 11.8 Å². The van der Waals surface area contributed by atoms with Gasteiger partial charge in [-0.2, -0.15) is 0 Å². The highest BCUT2D eigenvalue weighted by Crippen LogP contribution is 2.49. The Hall–Kier alpha value is -4.08. The van der Waals surface area contributed by atoms with E-state index in [1.165, 1.54) is 19.1 Å². The van der Waals surface area contributed by atoms with Crippen LogP contribution >= 0.6 is 0 Å². The van der Waals surface area contributed by atoms with Crippen LogP contribution in [0.1, 0.15) is 51.7 Å². The number of nitrogens with one attached hydrogen (secondary N) is 1. The van der Waals surface area contributed by atoms with Crippen LogP contribution in [0, 0.1) is 0 Å². The molecule has 10 nitrogen and oxygen atoms in total. The van der Waals surface area contributed by atoms with E-state index < -0.39 is 6.17 Å². The highest BCUT2D eigenvalue weighted by Gasteiger charge is 2.49. The average molecular weight is 493 g/mol. The van der Waals surface area contributed by atoms with E-state index in [1.54, 1.807) is 46.2 Å². The highest BCUT2D eigenvalue weighted by molar-refractivity contribution is 6.18. The molecule has 3 aliphatic heterocycles. The molecule has 0 aliphatic carbocycles. The maximum absolute atomic E-state index is 13.7.